The Kier molecular flexibility index (Phi) is 56.6. The lowest BCUT2D eigenvalue weighted by molar-refractivity contribution is -0.161. The summed E-state index contributed by atoms with van der Waals surface area (Å²) in [5.41, 5.74) is 0. The maximum absolute atomic E-state index is 13.0. The Morgan fingerprint density at radius 2 is 0.552 bits per heavy atom. The number of carbonyl (C=O) groups is 4. The molecule has 516 valence electrons. The van der Waals surface area contributed by atoms with E-state index in [1.54, 1.807) is 0 Å². The summed E-state index contributed by atoms with van der Waals surface area (Å²) >= 11 is 0. The highest BCUT2D eigenvalue weighted by Crippen LogP contribution is 2.45. The Morgan fingerprint density at radius 1 is 0.322 bits per heavy atom. The number of phosphoric ester groups is 2. The highest BCUT2D eigenvalue weighted by atomic mass is 31.2. The van der Waals surface area contributed by atoms with Crippen molar-refractivity contribution in [2.24, 2.45) is 23.7 Å². The number of esters is 4. The molecule has 0 saturated heterocycles. The van der Waals surface area contributed by atoms with E-state index in [-0.39, 0.29) is 25.7 Å². The van der Waals surface area contributed by atoms with E-state index in [1.165, 1.54) is 122 Å². The van der Waals surface area contributed by atoms with Crippen LogP contribution in [0.25, 0.3) is 0 Å². The molecule has 3 unspecified atom stereocenters. The van der Waals surface area contributed by atoms with Gasteiger partial charge >= 0.3 is 39.5 Å². The average Bonchev–Trinajstić information content (AvgIpc) is 3.69. The molecule has 19 heteroatoms. The van der Waals surface area contributed by atoms with E-state index >= 15 is 0 Å². The number of ether oxygens (including phenoxy) is 4. The van der Waals surface area contributed by atoms with Gasteiger partial charge in [-0.1, -0.05) is 280 Å². The van der Waals surface area contributed by atoms with Crippen molar-refractivity contribution in [3.63, 3.8) is 0 Å². The molecule has 0 fully saturated rings. The summed E-state index contributed by atoms with van der Waals surface area (Å²) in [6.07, 6.45) is 39.2. The van der Waals surface area contributed by atoms with Crippen molar-refractivity contribution in [3.05, 3.63) is 0 Å². The lowest BCUT2D eigenvalue weighted by Gasteiger charge is -2.21. The van der Waals surface area contributed by atoms with Crippen LogP contribution in [0, 0.1) is 23.7 Å². The zero-order chi connectivity index (χ0) is 64.7. The van der Waals surface area contributed by atoms with Crippen molar-refractivity contribution in [2.45, 2.75) is 350 Å². The summed E-state index contributed by atoms with van der Waals surface area (Å²) in [7, 11) is -9.90. The van der Waals surface area contributed by atoms with Gasteiger partial charge in [-0.05, 0) is 49.4 Å². The molecular weight excluding hydrogens is 1150 g/mol. The first-order valence-corrected chi connectivity index (χ1v) is 38.2. The van der Waals surface area contributed by atoms with Gasteiger partial charge in [-0.15, -0.1) is 0 Å². The number of aliphatic hydroxyl groups is 1. The van der Waals surface area contributed by atoms with Crippen molar-refractivity contribution in [1.82, 2.24) is 0 Å². The molecule has 0 aromatic heterocycles. The third-order valence-electron chi connectivity index (χ3n) is 15.9. The van der Waals surface area contributed by atoms with Crippen LogP contribution in [0.2, 0.25) is 0 Å². The second-order valence-corrected chi connectivity index (χ2v) is 29.1. The van der Waals surface area contributed by atoms with Crippen LogP contribution < -0.4 is 0 Å². The van der Waals surface area contributed by atoms with Gasteiger partial charge in [0.2, 0.25) is 0 Å². The van der Waals surface area contributed by atoms with Crippen LogP contribution in [-0.2, 0) is 65.4 Å². The third-order valence-corrected chi connectivity index (χ3v) is 17.8. The van der Waals surface area contributed by atoms with Crippen LogP contribution in [0.5, 0.6) is 0 Å². The van der Waals surface area contributed by atoms with Crippen molar-refractivity contribution in [3.8, 4) is 0 Å². The fraction of sp³-hybridized carbons (Fsp3) is 0.941. The van der Waals surface area contributed by atoms with Crippen molar-refractivity contribution >= 4 is 39.5 Å². The molecule has 6 atom stereocenters. The van der Waals surface area contributed by atoms with Crippen LogP contribution in [0.15, 0.2) is 0 Å². The maximum atomic E-state index is 13.0. The first kappa shape index (κ1) is 85.1. The Morgan fingerprint density at radius 3 is 0.816 bits per heavy atom. The van der Waals surface area contributed by atoms with E-state index in [0.29, 0.717) is 37.5 Å². The minimum absolute atomic E-state index is 0.103. The molecule has 0 bridgehead atoms. The van der Waals surface area contributed by atoms with E-state index < -0.39 is 97.5 Å². The van der Waals surface area contributed by atoms with Gasteiger partial charge in [-0.2, -0.15) is 0 Å². The predicted octanol–water partition coefficient (Wildman–Crippen LogP) is 18.9. The first-order valence-electron chi connectivity index (χ1n) is 35.2. The van der Waals surface area contributed by atoms with Crippen LogP contribution in [0.3, 0.4) is 0 Å². The van der Waals surface area contributed by atoms with Crippen LogP contribution >= 0.6 is 15.6 Å². The molecular formula is C68H132O17P2. The molecule has 0 amide bonds. The van der Waals surface area contributed by atoms with Gasteiger partial charge in [-0.25, -0.2) is 9.13 Å². The molecule has 3 N–H and O–H groups in total. The number of hydrogen-bond acceptors (Lipinski definition) is 15. The SMILES string of the molecule is CCC(C)CCCCCCCCCCC(=O)O[C@H](COC(=O)CCCCCCCCC(C)C)COP(=O)(O)OC[C@H](O)COP(=O)(O)OC[C@@H](COC(=O)CCCCCCCCC(C)C)OC(=O)CCCCCCCCCCCCCCCCC(C)C. The monoisotopic (exact) mass is 1280 g/mol. The second kappa shape index (κ2) is 57.9. The van der Waals surface area contributed by atoms with Gasteiger partial charge in [0.1, 0.15) is 19.3 Å². The summed E-state index contributed by atoms with van der Waals surface area (Å²) in [5, 5.41) is 10.6. The van der Waals surface area contributed by atoms with Crippen LogP contribution in [0.1, 0.15) is 331 Å². The van der Waals surface area contributed by atoms with Crippen molar-refractivity contribution in [1.29, 1.82) is 0 Å². The lowest BCUT2D eigenvalue weighted by atomic mass is 9.99. The fourth-order valence-corrected chi connectivity index (χ4v) is 11.7. The van der Waals surface area contributed by atoms with Crippen molar-refractivity contribution in [2.75, 3.05) is 39.6 Å². The maximum Gasteiger partial charge on any atom is 0.472 e. The van der Waals surface area contributed by atoms with E-state index in [1.807, 2.05) is 0 Å². The zero-order valence-corrected chi connectivity index (χ0v) is 58.4. The number of carbonyl (C=O) groups excluding carboxylic acids is 4. The van der Waals surface area contributed by atoms with Gasteiger partial charge < -0.3 is 33.8 Å². The molecule has 17 nitrogen and oxygen atoms in total. The van der Waals surface area contributed by atoms with Crippen LogP contribution in [0.4, 0.5) is 0 Å². The zero-order valence-electron chi connectivity index (χ0n) is 56.6. The van der Waals surface area contributed by atoms with Crippen LogP contribution in [-0.4, -0.2) is 96.7 Å². The minimum Gasteiger partial charge on any atom is -0.462 e. The molecule has 0 rings (SSSR count). The van der Waals surface area contributed by atoms with E-state index in [4.69, 9.17) is 37.0 Å². The van der Waals surface area contributed by atoms with Gasteiger partial charge in [0.05, 0.1) is 26.4 Å². The molecule has 0 spiro atoms. The van der Waals surface area contributed by atoms with Gasteiger partial charge in [-0.3, -0.25) is 37.3 Å². The third kappa shape index (κ3) is 61.3. The smallest absolute Gasteiger partial charge is 0.462 e. The number of phosphoric acid groups is 2. The quantitative estimate of drug-likeness (QED) is 0.0222. The average molecular weight is 1280 g/mol. The molecule has 0 aliphatic heterocycles. The summed E-state index contributed by atoms with van der Waals surface area (Å²) in [6.45, 7) is 14.0. The highest BCUT2D eigenvalue weighted by Gasteiger charge is 2.30. The molecule has 0 saturated carbocycles. The summed E-state index contributed by atoms with van der Waals surface area (Å²) < 4.78 is 68.1. The Hall–Kier alpha value is -1.94. The normalized spacial score (nSPS) is 14.6. The summed E-state index contributed by atoms with van der Waals surface area (Å²) in [4.78, 5) is 72.3. The topological polar surface area (TPSA) is 237 Å². The highest BCUT2D eigenvalue weighted by molar-refractivity contribution is 7.47. The molecule has 0 aromatic carbocycles. The van der Waals surface area contributed by atoms with Crippen molar-refractivity contribution < 1.29 is 80.2 Å². The summed E-state index contributed by atoms with van der Waals surface area (Å²) in [5.74, 6) is 0.786. The molecule has 0 aromatic rings. The molecule has 87 heavy (non-hydrogen) atoms. The number of unbranched alkanes of at least 4 members (excludes halogenated alkanes) is 30. The second-order valence-electron chi connectivity index (χ2n) is 26.2. The Bertz CT molecular complexity index is 1730. The largest absolute Gasteiger partial charge is 0.472 e. The standard InChI is InChI=1S/C68H132O17P2/c1-9-61(8)47-39-31-21-18-19-23-35-43-51-68(73)85-64(55-79-66(71)49-41-33-27-25-30-38-46-60(6)7)57-83-87(76,77)81-53-62(69)52-80-86(74,75)82-56-63(54-78-65(70)48-40-32-26-24-29-37-45-59(4)5)84-67(72)50-42-34-22-17-15-13-11-10-12-14-16-20-28-36-44-58(2)3/h58-64,69H,9-57H2,1-8H3,(H,74,75)(H,76,77)/t61?,62-,63-,64-/m1/s1. The molecule has 0 aliphatic rings. The lowest BCUT2D eigenvalue weighted by Crippen LogP contribution is -2.30. The molecule has 0 radical (unpaired) electrons. The van der Waals surface area contributed by atoms with E-state index in [2.05, 4.69) is 55.4 Å². The first-order chi connectivity index (χ1) is 41.6. The van der Waals surface area contributed by atoms with E-state index in [0.717, 1.165) is 115 Å². The molecule has 0 aliphatic carbocycles. The van der Waals surface area contributed by atoms with E-state index in [9.17, 15) is 43.2 Å². The minimum atomic E-state index is -4.95. The fourth-order valence-electron chi connectivity index (χ4n) is 10.1. The Labute approximate surface area is 530 Å². The predicted molar refractivity (Wildman–Crippen MR) is 349 cm³/mol. The van der Waals surface area contributed by atoms with Gasteiger partial charge in [0.25, 0.3) is 0 Å². The Balaban J connectivity index is 5.21. The summed E-state index contributed by atoms with van der Waals surface area (Å²) in [6, 6.07) is 0. The van der Waals surface area contributed by atoms with Gasteiger partial charge in [0, 0.05) is 25.7 Å². The number of hydrogen-bond donors (Lipinski definition) is 3. The number of rotatable bonds is 65. The number of aliphatic hydroxyl groups excluding tert-OH is 1. The van der Waals surface area contributed by atoms with Gasteiger partial charge in [0.15, 0.2) is 12.2 Å². The molecule has 0 heterocycles.